The molecule has 1 amide bonds. The summed E-state index contributed by atoms with van der Waals surface area (Å²) < 4.78 is 37.0. The second kappa shape index (κ2) is 3.95. The minimum absolute atomic E-state index is 0.289. The molecular weight excluding hydrogens is 265 g/mol. The minimum atomic E-state index is -2.87. The number of pyridine rings is 1. The number of aromatic nitrogens is 1. The Labute approximate surface area is 85.2 Å². The molecule has 1 aromatic heterocycles. The number of nitrogens with two attached hydrogens (primary N) is 1. The molecule has 0 atom stereocenters. The summed E-state index contributed by atoms with van der Waals surface area (Å²) in [6.45, 7) is 0. The lowest BCUT2D eigenvalue weighted by atomic mass is 10.2. The number of carbonyl (C=O) groups is 1. The highest BCUT2D eigenvalue weighted by atomic mass is 79.9. The van der Waals surface area contributed by atoms with Gasteiger partial charge in [0.2, 0.25) is 0 Å². The predicted octanol–water partition coefficient (Wildman–Crippen LogP) is 2.02. The smallest absolute Gasteiger partial charge is 0.270 e. The van der Waals surface area contributed by atoms with Crippen LogP contribution in [-0.2, 0) is 0 Å². The molecule has 14 heavy (non-hydrogen) atoms. The quantitative estimate of drug-likeness (QED) is 0.835. The van der Waals surface area contributed by atoms with Crippen molar-refractivity contribution in [3.63, 3.8) is 0 Å². The summed E-state index contributed by atoms with van der Waals surface area (Å²) in [7, 11) is 0. The van der Waals surface area contributed by atoms with Gasteiger partial charge in [-0.1, -0.05) is 0 Å². The molecule has 1 heterocycles. The van der Waals surface area contributed by atoms with Crippen LogP contribution in [0.4, 0.5) is 13.2 Å². The van der Waals surface area contributed by atoms with Gasteiger partial charge in [0.1, 0.15) is 4.60 Å². The number of halogens is 4. The van der Waals surface area contributed by atoms with Gasteiger partial charge < -0.3 is 5.73 Å². The molecule has 1 rings (SSSR count). The molecule has 0 aliphatic heterocycles. The van der Waals surface area contributed by atoms with Gasteiger partial charge in [-0.2, -0.15) is 0 Å². The van der Waals surface area contributed by atoms with Crippen molar-refractivity contribution in [3.05, 3.63) is 27.7 Å². The summed E-state index contributed by atoms with van der Waals surface area (Å²) in [6, 6.07) is 0.530. The number of amides is 1. The van der Waals surface area contributed by atoms with Crippen LogP contribution in [0.5, 0.6) is 0 Å². The molecule has 1 aromatic rings. The van der Waals surface area contributed by atoms with E-state index in [1.807, 2.05) is 0 Å². The fraction of sp³-hybridized carbons (Fsp3) is 0.143. The second-order valence-electron chi connectivity index (χ2n) is 2.36. The highest BCUT2D eigenvalue weighted by Gasteiger charge is 2.19. The fourth-order valence-corrected chi connectivity index (χ4v) is 1.27. The summed E-state index contributed by atoms with van der Waals surface area (Å²) in [4.78, 5) is 13.8. The lowest BCUT2D eigenvalue weighted by Crippen LogP contribution is -2.16. The standard InChI is InChI=1S/C7H4BrF3N2O/c8-5-2(6(10)11)1-3(9)4(13-5)7(12)14/h1,6H,(H2,12,14). The molecule has 0 bridgehead atoms. The lowest BCUT2D eigenvalue weighted by Gasteiger charge is -2.04. The van der Waals surface area contributed by atoms with E-state index in [9.17, 15) is 18.0 Å². The van der Waals surface area contributed by atoms with Crippen LogP contribution in [0.2, 0.25) is 0 Å². The molecule has 2 N–H and O–H groups in total. The van der Waals surface area contributed by atoms with Crippen molar-refractivity contribution < 1.29 is 18.0 Å². The van der Waals surface area contributed by atoms with E-state index in [2.05, 4.69) is 20.9 Å². The fourth-order valence-electron chi connectivity index (χ4n) is 0.806. The third kappa shape index (κ3) is 2.03. The van der Waals surface area contributed by atoms with Crippen LogP contribution in [0.15, 0.2) is 10.7 Å². The van der Waals surface area contributed by atoms with E-state index in [4.69, 9.17) is 5.73 Å². The molecule has 0 unspecified atom stereocenters. The zero-order valence-electron chi connectivity index (χ0n) is 6.60. The lowest BCUT2D eigenvalue weighted by molar-refractivity contribution is 0.0989. The maximum Gasteiger partial charge on any atom is 0.270 e. The molecule has 7 heteroatoms. The van der Waals surface area contributed by atoms with E-state index >= 15 is 0 Å². The number of nitrogens with zero attached hydrogens (tertiary/aromatic N) is 1. The van der Waals surface area contributed by atoms with Crippen LogP contribution in [0.25, 0.3) is 0 Å². The van der Waals surface area contributed by atoms with Crippen molar-refractivity contribution in [2.24, 2.45) is 5.73 Å². The van der Waals surface area contributed by atoms with Gasteiger partial charge >= 0.3 is 0 Å². The van der Waals surface area contributed by atoms with E-state index in [1.54, 1.807) is 0 Å². The van der Waals surface area contributed by atoms with Gasteiger partial charge in [-0.25, -0.2) is 18.2 Å². The van der Waals surface area contributed by atoms with E-state index in [1.165, 1.54) is 0 Å². The molecule has 0 aliphatic rings. The van der Waals surface area contributed by atoms with Gasteiger partial charge in [-0.05, 0) is 22.0 Å². The van der Waals surface area contributed by atoms with Crippen LogP contribution in [0, 0.1) is 5.82 Å². The average Bonchev–Trinajstić information content (AvgIpc) is 2.07. The van der Waals surface area contributed by atoms with Crippen LogP contribution < -0.4 is 5.73 Å². The maximum atomic E-state index is 12.9. The zero-order chi connectivity index (χ0) is 10.9. The average molecular weight is 269 g/mol. The van der Waals surface area contributed by atoms with E-state index in [-0.39, 0.29) is 4.60 Å². The van der Waals surface area contributed by atoms with Crippen molar-refractivity contribution in [1.82, 2.24) is 4.98 Å². The van der Waals surface area contributed by atoms with Gasteiger partial charge in [-0.15, -0.1) is 0 Å². The third-order valence-corrected chi connectivity index (χ3v) is 2.06. The van der Waals surface area contributed by atoms with E-state index in [0.717, 1.165) is 0 Å². The first-order valence-electron chi connectivity index (χ1n) is 3.37. The second-order valence-corrected chi connectivity index (χ2v) is 3.11. The molecule has 76 valence electrons. The summed E-state index contributed by atoms with van der Waals surface area (Å²) >= 11 is 2.68. The van der Waals surface area contributed by atoms with Crippen molar-refractivity contribution in [2.45, 2.75) is 6.43 Å². The maximum absolute atomic E-state index is 12.9. The number of hydrogen-bond donors (Lipinski definition) is 1. The van der Waals surface area contributed by atoms with Crippen LogP contribution >= 0.6 is 15.9 Å². The van der Waals surface area contributed by atoms with E-state index in [0.29, 0.717) is 6.07 Å². The van der Waals surface area contributed by atoms with Gasteiger partial charge in [0.15, 0.2) is 11.5 Å². The normalized spacial score (nSPS) is 10.6. The molecular formula is C7H4BrF3N2O. The minimum Gasteiger partial charge on any atom is -0.364 e. The SMILES string of the molecule is NC(=O)c1nc(Br)c(C(F)F)cc1F. The molecule has 0 aliphatic carbocycles. The van der Waals surface area contributed by atoms with Crippen molar-refractivity contribution >= 4 is 21.8 Å². The van der Waals surface area contributed by atoms with Crippen molar-refractivity contribution in [2.75, 3.05) is 0 Å². The molecule has 0 spiro atoms. The summed E-state index contributed by atoms with van der Waals surface area (Å²) in [5, 5.41) is 0. The highest BCUT2D eigenvalue weighted by Crippen LogP contribution is 2.27. The van der Waals surface area contributed by atoms with Gasteiger partial charge in [-0.3, -0.25) is 4.79 Å². The molecule has 0 fully saturated rings. The number of alkyl halides is 2. The van der Waals surface area contributed by atoms with Gasteiger partial charge in [0.25, 0.3) is 12.3 Å². The van der Waals surface area contributed by atoms with Crippen molar-refractivity contribution in [1.29, 1.82) is 0 Å². The molecule has 0 saturated heterocycles. The Balaban J connectivity index is 3.31. The summed E-state index contributed by atoms with van der Waals surface area (Å²) in [5.41, 5.74) is 3.48. The summed E-state index contributed by atoms with van der Waals surface area (Å²) in [5.74, 6) is -2.26. The summed E-state index contributed by atoms with van der Waals surface area (Å²) in [6.07, 6.45) is -2.87. The first-order chi connectivity index (χ1) is 6.43. The number of hydrogen-bond acceptors (Lipinski definition) is 2. The Morgan fingerprint density at radius 2 is 2.14 bits per heavy atom. The third-order valence-electron chi connectivity index (χ3n) is 1.43. The largest absolute Gasteiger partial charge is 0.364 e. The predicted molar refractivity (Wildman–Crippen MR) is 45.4 cm³/mol. The topological polar surface area (TPSA) is 56.0 Å². The van der Waals surface area contributed by atoms with Crippen LogP contribution in [0.1, 0.15) is 22.5 Å². The van der Waals surface area contributed by atoms with Crippen molar-refractivity contribution in [3.8, 4) is 0 Å². The zero-order valence-corrected chi connectivity index (χ0v) is 8.19. The first kappa shape index (κ1) is 11.0. The Morgan fingerprint density at radius 3 is 2.57 bits per heavy atom. The van der Waals surface area contributed by atoms with Gasteiger partial charge in [0.05, 0.1) is 5.56 Å². The monoisotopic (exact) mass is 268 g/mol. The molecule has 3 nitrogen and oxygen atoms in total. The van der Waals surface area contributed by atoms with E-state index < -0.39 is 29.4 Å². The molecule has 0 aromatic carbocycles. The Morgan fingerprint density at radius 1 is 1.57 bits per heavy atom. The number of carbonyl (C=O) groups excluding carboxylic acids is 1. The van der Waals surface area contributed by atoms with Gasteiger partial charge in [0, 0.05) is 0 Å². The molecule has 0 radical (unpaired) electrons. The van der Waals surface area contributed by atoms with Crippen LogP contribution in [0.3, 0.4) is 0 Å². The Hall–Kier alpha value is -1.11. The number of primary amides is 1. The van der Waals surface area contributed by atoms with Crippen LogP contribution in [-0.4, -0.2) is 10.9 Å². The molecule has 0 saturated carbocycles. The Kier molecular flexibility index (Phi) is 3.10. The number of rotatable bonds is 2. The first-order valence-corrected chi connectivity index (χ1v) is 4.16. The Bertz CT molecular complexity index is 383. The highest BCUT2D eigenvalue weighted by molar-refractivity contribution is 9.10.